The summed E-state index contributed by atoms with van der Waals surface area (Å²) in [5.74, 6) is 0.343. The van der Waals surface area contributed by atoms with Crippen LogP contribution in [0.2, 0.25) is 0 Å². The molecule has 1 aromatic carbocycles. The highest BCUT2D eigenvalue weighted by atomic mass is 16.1. The highest BCUT2D eigenvalue weighted by Gasteiger charge is 2.19. The van der Waals surface area contributed by atoms with Gasteiger partial charge in [-0.2, -0.15) is 9.97 Å². The molecule has 1 saturated heterocycles. The Morgan fingerprint density at radius 3 is 2.70 bits per heavy atom. The van der Waals surface area contributed by atoms with Gasteiger partial charge in [0.2, 0.25) is 11.9 Å². The summed E-state index contributed by atoms with van der Waals surface area (Å²) in [7, 11) is 1.61. The largest absolute Gasteiger partial charge is 0.366 e. The van der Waals surface area contributed by atoms with Gasteiger partial charge in [0.25, 0.3) is 11.5 Å². The number of primary amides is 1. The maximum Gasteiger partial charge on any atom is 0.280 e. The van der Waals surface area contributed by atoms with Gasteiger partial charge < -0.3 is 26.3 Å². The number of nitrogens with zero attached hydrogens (tertiary/aromatic N) is 4. The van der Waals surface area contributed by atoms with Gasteiger partial charge in [0.05, 0.1) is 11.3 Å². The van der Waals surface area contributed by atoms with Crippen molar-refractivity contribution < 1.29 is 4.79 Å². The molecule has 0 saturated carbocycles. The first-order valence-electron chi connectivity index (χ1n) is 8.63. The van der Waals surface area contributed by atoms with E-state index in [2.05, 4.69) is 30.5 Å². The summed E-state index contributed by atoms with van der Waals surface area (Å²) in [5.41, 5.74) is 6.62. The minimum atomic E-state index is -0.565. The molecule has 3 aromatic rings. The van der Waals surface area contributed by atoms with Crippen molar-refractivity contribution in [3.8, 4) is 0 Å². The number of amides is 1. The highest BCUT2D eigenvalue weighted by Crippen LogP contribution is 2.20. The monoisotopic (exact) mass is 368 g/mol. The van der Waals surface area contributed by atoms with Crippen LogP contribution in [0.25, 0.3) is 11.2 Å². The van der Waals surface area contributed by atoms with E-state index in [0.717, 1.165) is 26.2 Å². The van der Waals surface area contributed by atoms with Crippen LogP contribution in [0.15, 0.2) is 29.1 Å². The molecule has 1 aliphatic rings. The maximum atomic E-state index is 12.7. The summed E-state index contributed by atoms with van der Waals surface area (Å²) in [5, 5.41) is 6.29. The molecule has 1 amide bonds. The van der Waals surface area contributed by atoms with Crippen molar-refractivity contribution in [3.63, 3.8) is 0 Å². The Hall–Kier alpha value is -3.40. The molecule has 0 bridgehead atoms. The molecule has 140 valence electrons. The molecule has 3 heterocycles. The van der Waals surface area contributed by atoms with Crippen molar-refractivity contribution in [1.29, 1.82) is 0 Å². The van der Waals surface area contributed by atoms with E-state index in [1.165, 1.54) is 4.57 Å². The number of fused-ring (bicyclic) bond motifs is 1. The SMILES string of the molecule is Cn1c(Nc2ccccc2C(N)=O)nc2nc(N3CCNCC3)[nH]c2c1=O. The van der Waals surface area contributed by atoms with Crippen molar-refractivity contribution >= 4 is 34.7 Å². The van der Waals surface area contributed by atoms with Crippen LogP contribution in [-0.2, 0) is 7.05 Å². The van der Waals surface area contributed by atoms with E-state index in [-0.39, 0.29) is 11.5 Å². The fourth-order valence-corrected chi connectivity index (χ4v) is 3.09. The molecule has 0 aliphatic carbocycles. The first kappa shape index (κ1) is 17.0. The Kier molecular flexibility index (Phi) is 4.24. The number of benzene rings is 1. The van der Waals surface area contributed by atoms with E-state index >= 15 is 0 Å². The lowest BCUT2D eigenvalue weighted by Gasteiger charge is -2.26. The molecular formula is C17H20N8O2. The van der Waals surface area contributed by atoms with Crippen LogP contribution in [-0.4, -0.2) is 51.6 Å². The zero-order chi connectivity index (χ0) is 19.0. The second kappa shape index (κ2) is 6.72. The number of hydrogen-bond donors (Lipinski definition) is 4. The number of anilines is 3. The van der Waals surface area contributed by atoms with Crippen molar-refractivity contribution in [1.82, 2.24) is 24.8 Å². The summed E-state index contributed by atoms with van der Waals surface area (Å²) in [6, 6.07) is 6.79. The van der Waals surface area contributed by atoms with Gasteiger partial charge in [-0.25, -0.2) is 0 Å². The zero-order valence-electron chi connectivity index (χ0n) is 14.8. The summed E-state index contributed by atoms with van der Waals surface area (Å²) in [6.07, 6.45) is 0. The Balaban J connectivity index is 1.75. The number of H-pyrrole nitrogens is 1. The minimum Gasteiger partial charge on any atom is -0.366 e. The third-order valence-corrected chi connectivity index (χ3v) is 4.58. The van der Waals surface area contributed by atoms with Crippen molar-refractivity contribution in [3.05, 3.63) is 40.2 Å². The number of nitrogens with two attached hydrogens (primary N) is 1. The fourth-order valence-electron chi connectivity index (χ4n) is 3.09. The molecule has 0 unspecified atom stereocenters. The third-order valence-electron chi connectivity index (χ3n) is 4.58. The van der Waals surface area contributed by atoms with Gasteiger partial charge in [0, 0.05) is 33.2 Å². The van der Waals surface area contributed by atoms with Gasteiger partial charge in [0.15, 0.2) is 11.2 Å². The molecule has 0 radical (unpaired) electrons. The second-order valence-electron chi connectivity index (χ2n) is 6.33. The number of imidazole rings is 1. The Morgan fingerprint density at radius 2 is 1.96 bits per heavy atom. The van der Waals surface area contributed by atoms with Crippen LogP contribution >= 0.6 is 0 Å². The molecule has 10 heteroatoms. The van der Waals surface area contributed by atoms with E-state index in [0.29, 0.717) is 28.4 Å². The molecule has 0 atom stereocenters. The zero-order valence-corrected chi connectivity index (χ0v) is 14.8. The second-order valence-corrected chi connectivity index (χ2v) is 6.33. The van der Waals surface area contributed by atoms with Crippen molar-refractivity contribution in [2.24, 2.45) is 12.8 Å². The third kappa shape index (κ3) is 3.10. The van der Waals surface area contributed by atoms with Crippen molar-refractivity contribution in [2.45, 2.75) is 0 Å². The molecule has 2 aromatic heterocycles. The number of piperazine rings is 1. The van der Waals surface area contributed by atoms with Gasteiger partial charge in [-0.15, -0.1) is 0 Å². The number of carbonyl (C=O) groups excluding carboxylic acids is 1. The van der Waals surface area contributed by atoms with Gasteiger partial charge in [-0.3, -0.25) is 14.2 Å². The van der Waals surface area contributed by atoms with Gasteiger partial charge in [-0.05, 0) is 12.1 Å². The number of carbonyl (C=O) groups is 1. The van der Waals surface area contributed by atoms with E-state index in [1.807, 2.05) is 0 Å². The lowest BCUT2D eigenvalue weighted by molar-refractivity contribution is 0.100. The predicted molar refractivity (Wildman–Crippen MR) is 102 cm³/mol. The molecule has 10 nitrogen and oxygen atoms in total. The Labute approximate surface area is 154 Å². The number of rotatable bonds is 4. The Morgan fingerprint density at radius 1 is 1.22 bits per heavy atom. The summed E-state index contributed by atoms with van der Waals surface area (Å²) < 4.78 is 1.37. The normalized spacial score (nSPS) is 14.5. The van der Waals surface area contributed by atoms with Crippen LogP contribution in [0.5, 0.6) is 0 Å². The Bertz CT molecular complexity index is 1060. The predicted octanol–water partition coefficient (Wildman–Crippen LogP) is -0.0913. The summed E-state index contributed by atoms with van der Waals surface area (Å²) in [4.78, 5) is 38.5. The number of hydrogen-bond acceptors (Lipinski definition) is 7. The van der Waals surface area contributed by atoms with E-state index in [4.69, 9.17) is 5.73 Å². The van der Waals surface area contributed by atoms with Crippen LogP contribution in [0.1, 0.15) is 10.4 Å². The standard InChI is InChI=1S/C17H20N8O2/c1-24-15(27)12-14(23-17(21-12)25-8-6-19-7-9-25)22-16(24)20-11-5-3-2-4-10(11)13(18)26/h2-5,19H,6-9H2,1H3,(H2,18,26)(H,20,22)(H,21,23). The first-order valence-corrected chi connectivity index (χ1v) is 8.63. The quantitative estimate of drug-likeness (QED) is 0.505. The van der Waals surface area contributed by atoms with Gasteiger partial charge in [0.1, 0.15) is 0 Å². The molecule has 27 heavy (non-hydrogen) atoms. The van der Waals surface area contributed by atoms with E-state index in [1.54, 1.807) is 31.3 Å². The minimum absolute atomic E-state index is 0.257. The van der Waals surface area contributed by atoms with E-state index < -0.39 is 5.91 Å². The smallest absolute Gasteiger partial charge is 0.280 e. The molecular weight excluding hydrogens is 348 g/mol. The lowest BCUT2D eigenvalue weighted by atomic mass is 10.1. The van der Waals surface area contributed by atoms with Crippen molar-refractivity contribution in [2.75, 3.05) is 36.4 Å². The average Bonchev–Trinajstić information content (AvgIpc) is 3.11. The lowest BCUT2D eigenvalue weighted by Crippen LogP contribution is -2.44. The molecule has 1 aliphatic heterocycles. The summed E-state index contributed by atoms with van der Waals surface area (Å²) >= 11 is 0. The molecule has 1 fully saturated rings. The maximum absolute atomic E-state index is 12.7. The highest BCUT2D eigenvalue weighted by molar-refractivity contribution is 5.99. The number of aromatic nitrogens is 4. The first-order chi connectivity index (χ1) is 13.0. The number of nitrogens with one attached hydrogen (secondary N) is 3. The van der Waals surface area contributed by atoms with Crippen LogP contribution in [0.4, 0.5) is 17.6 Å². The molecule has 0 spiro atoms. The van der Waals surface area contributed by atoms with E-state index in [9.17, 15) is 9.59 Å². The van der Waals surface area contributed by atoms with Crippen LogP contribution in [0, 0.1) is 0 Å². The molecule has 5 N–H and O–H groups in total. The van der Waals surface area contributed by atoms with Gasteiger partial charge in [-0.1, -0.05) is 12.1 Å². The van der Waals surface area contributed by atoms with Crippen LogP contribution in [0.3, 0.4) is 0 Å². The molecule has 4 rings (SSSR count). The van der Waals surface area contributed by atoms with Crippen LogP contribution < -0.4 is 26.8 Å². The number of aromatic amines is 1. The number of para-hydroxylation sites is 1. The van der Waals surface area contributed by atoms with Gasteiger partial charge >= 0.3 is 0 Å². The fraction of sp³-hybridized carbons (Fsp3) is 0.294. The topological polar surface area (TPSA) is 134 Å². The summed E-state index contributed by atoms with van der Waals surface area (Å²) in [6.45, 7) is 3.33. The average molecular weight is 368 g/mol.